The standard InChI is InChI=1S/C19H26N4O/c1-12-6-5-7-13(2)18(12)21-19(24)16-8-9-17(20-11-16)23-15(4)10-14(3)22-23/h8-13,18H,5-7H2,1-4H3,(H,21,24). The molecule has 0 spiro atoms. The minimum Gasteiger partial charge on any atom is -0.349 e. The molecule has 0 radical (unpaired) electrons. The first kappa shape index (κ1) is 16.7. The summed E-state index contributed by atoms with van der Waals surface area (Å²) < 4.78 is 1.79. The van der Waals surface area contributed by atoms with Crippen LogP contribution in [0.5, 0.6) is 0 Å². The fraction of sp³-hybridized carbons (Fsp3) is 0.526. The van der Waals surface area contributed by atoms with Gasteiger partial charge in [-0.1, -0.05) is 20.3 Å². The van der Waals surface area contributed by atoms with Crippen LogP contribution in [0.25, 0.3) is 5.82 Å². The third-order valence-electron chi connectivity index (χ3n) is 5.08. The molecule has 1 aliphatic carbocycles. The zero-order valence-corrected chi connectivity index (χ0v) is 14.9. The summed E-state index contributed by atoms with van der Waals surface area (Å²) in [6.07, 6.45) is 5.27. The van der Waals surface area contributed by atoms with E-state index in [4.69, 9.17) is 0 Å². The van der Waals surface area contributed by atoms with Crippen molar-refractivity contribution in [2.75, 3.05) is 0 Å². The molecular weight excluding hydrogens is 300 g/mol. The molecule has 2 unspecified atom stereocenters. The van der Waals surface area contributed by atoms with Crippen molar-refractivity contribution >= 4 is 5.91 Å². The largest absolute Gasteiger partial charge is 0.349 e. The number of carbonyl (C=O) groups is 1. The molecular formula is C19H26N4O. The number of nitrogens with one attached hydrogen (secondary N) is 1. The second-order valence-electron chi connectivity index (χ2n) is 7.13. The highest BCUT2D eigenvalue weighted by molar-refractivity contribution is 5.94. The highest BCUT2D eigenvalue weighted by Crippen LogP contribution is 2.29. The number of amides is 1. The second kappa shape index (κ2) is 6.75. The molecule has 2 atom stereocenters. The van der Waals surface area contributed by atoms with Crippen LogP contribution in [0.15, 0.2) is 24.4 Å². The summed E-state index contributed by atoms with van der Waals surface area (Å²) in [5.41, 5.74) is 2.59. The van der Waals surface area contributed by atoms with Crippen molar-refractivity contribution in [3.05, 3.63) is 41.3 Å². The first-order valence-corrected chi connectivity index (χ1v) is 8.76. The van der Waals surface area contributed by atoms with Crippen LogP contribution in [-0.2, 0) is 0 Å². The van der Waals surface area contributed by atoms with Gasteiger partial charge in [-0.3, -0.25) is 4.79 Å². The van der Waals surface area contributed by atoms with E-state index in [0.29, 0.717) is 17.4 Å². The van der Waals surface area contributed by atoms with Crippen molar-refractivity contribution in [2.24, 2.45) is 11.8 Å². The maximum absolute atomic E-state index is 12.5. The molecule has 1 fully saturated rings. The number of nitrogens with zero attached hydrogens (tertiary/aromatic N) is 3. The van der Waals surface area contributed by atoms with E-state index < -0.39 is 0 Å². The topological polar surface area (TPSA) is 59.8 Å². The van der Waals surface area contributed by atoms with Gasteiger partial charge in [0.1, 0.15) is 0 Å². The number of pyridine rings is 1. The molecule has 1 amide bonds. The van der Waals surface area contributed by atoms with E-state index in [1.165, 1.54) is 19.3 Å². The van der Waals surface area contributed by atoms with Crippen LogP contribution in [0.3, 0.4) is 0 Å². The Morgan fingerprint density at radius 2 is 1.92 bits per heavy atom. The lowest BCUT2D eigenvalue weighted by atomic mass is 9.78. The van der Waals surface area contributed by atoms with Crippen LogP contribution >= 0.6 is 0 Å². The highest BCUT2D eigenvalue weighted by atomic mass is 16.1. The van der Waals surface area contributed by atoms with Crippen molar-refractivity contribution in [3.8, 4) is 5.82 Å². The lowest BCUT2D eigenvalue weighted by molar-refractivity contribution is 0.0880. The summed E-state index contributed by atoms with van der Waals surface area (Å²) in [5, 5.41) is 7.63. The van der Waals surface area contributed by atoms with Gasteiger partial charge in [0.2, 0.25) is 0 Å². The van der Waals surface area contributed by atoms with Gasteiger partial charge >= 0.3 is 0 Å². The molecule has 1 aliphatic rings. The lowest BCUT2D eigenvalue weighted by Gasteiger charge is -2.35. The molecule has 0 aromatic carbocycles. The van der Waals surface area contributed by atoms with Gasteiger partial charge in [0.15, 0.2) is 5.82 Å². The lowest BCUT2D eigenvalue weighted by Crippen LogP contribution is -2.45. The Morgan fingerprint density at radius 3 is 2.46 bits per heavy atom. The van der Waals surface area contributed by atoms with Crippen molar-refractivity contribution in [3.63, 3.8) is 0 Å². The maximum Gasteiger partial charge on any atom is 0.253 e. The number of aryl methyl sites for hydroxylation is 2. The van der Waals surface area contributed by atoms with E-state index in [1.807, 2.05) is 32.0 Å². The summed E-state index contributed by atoms with van der Waals surface area (Å²) in [6, 6.07) is 5.93. The number of carbonyl (C=O) groups excluding carboxylic acids is 1. The number of hydrogen-bond acceptors (Lipinski definition) is 3. The Kier molecular flexibility index (Phi) is 4.69. The van der Waals surface area contributed by atoms with Crippen molar-refractivity contribution in [2.45, 2.75) is 53.0 Å². The zero-order valence-electron chi connectivity index (χ0n) is 14.9. The van der Waals surface area contributed by atoms with E-state index in [1.54, 1.807) is 10.9 Å². The third-order valence-corrected chi connectivity index (χ3v) is 5.08. The van der Waals surface area contributed by atoms with Gasteiger partial charge in [-0.25, -0.2) is 9.67 Å². The molecule has 0 bridgehead atoms. The van der Waals surface area contributed by atoms with Crippen molar-refractivity contribution < 1.29 is 4.79 Å². The van der Waals surface area contributed by atoms with Crippen LogP contribution in [0.4, 0.5) is 0 Å². The summed E-state index contributed by atoms with van der Waals surface area (Å²) >= 11 is 0. The number of aromatic nitrogens is 3. The molecule has 24 heavy (non-hydrogen) atoms. The Morgan fingerprint density at radius 1 is 1.21 bits per heavy atom. The molecule has 2 aromatic rings. The molecule has 128 valence electrons. The fourth-order valence-corrected chi connectivity index (χ4v) is 3.71. The average molecular weight is 326 g/mol. The van der Waals surface area contributed by atoms with Gasteiger partial charge in [-0.05, 0) is 56.7 Å². The Labute approximate surface area is 143 Å². The second-order valence-corrected chi connectivity index (χ2v) is 7.13. The van der Waals surface area contributed by atoms with Crippen LogP contribution < -0.4 is 5.32 Å². The van der Waals surface area contributed by atoms with Crippen LogP contribution in [0.2, 0.25) is 0 Å². The first-order chi connectivity index (χ1) is 11.5. The van der Waals surface area contributed by atoms with Crippen LogP contribution in [0, 0.1) is 25.7 Å². The predicted octanol–water partition coefficient (Wildman–Crippen LogP) is 3.44. The Bertz CT molecular complexity index is 709. The summed E-state index contributed by atoms with van der Waals surface area (Å²) in [6.45, 7) is 8.40. The highest BCUT2D eigenvalue weighted by Gasteiger charge is 2.29. The summed E-state index contributed by atoms with van der Waals surface area (Å²) in [4.78, 5) is 17.0. The summed E-state index contributed by atoms with van der Waals surface area (Å²) in [5.74, 6) is 1.75. The van der Waals surface area contributed by atoms with Gasteiger partial charge in [0, 0.05) is 17.9 Å². The molecule has 2 heterocycles. The van der Waals surface area contributed by atoms with Crippen molar-refractivity contribution in [1.82, 2.24) is 20.1 Å². The predicted molar refractivity (Wildman–Crippen MR) is 94.3 cm³/mol. The monoisotopic (exact) mass is 326 g/mol. The molecule has 5 nitrogen and oxygen atoms in total. The molecule has 2 aromatic heterocycles. The van der Waals surface area contributed by atoms with Crippen LogP contribution in [0.1, 0.15) is 54.9 Å². The van der Waals surface area contributed by atoms with Gasteiger partial charge in [-0.2, -0.15) is 5.10 Å². The van der Waals surface area contributed by atoms with E-state index in [-0.39, 0.29) is 11.9 Å². The number of rotatable bonds is 3. The molecule has 5 heteroatoms. The zero-order chi connectivity index (χ0) is 17.3. The smallest absolute Gasteiger partial charge is 0.253 e. The first-order valence-electron chi connectivity index (χ1n) is 8.76. The Hall–Kier alpha value is -2.17. The molecule has 1 N–H and O–H groups in total. The molecule has 0 aliphatic heterocycles. The fourth-order valence-electron chi connectivity index (χ4n) is 3.71. The molecule has 3 rings (SSSR count). The van der Waals surface area contributed by atoms with Crippen LogP contribution in [-0.4, -0.2) is 26.7 Å². The van der Waals surface area contributed by atoms with E-state index in [0.717, 1.165) is 17.2 Å². The van der Waals surface area contributed by atoms with Gasteiger partial charge in [0.05, 0.1) is 11.3 Å². The third kappa shape index (κ3) is 3.35. The molecule has 0 saturated heterocycles. The maximum atomic E-state index is 12.5. The SMILES string of the molecule is Cc1cc(C)n(-c2ccc(C(=O)NC3C(C)CCCC3C)cn2)n1. The van der Waals surface area contributed by atoms with E-state index >= 15 is 0 Å². The number of hydrogen-bond donors (Lipinski definition) is 1. The minimum absolute atomic E-state index is 0.0342. The molecule has 1 saturated carbocycles. The van der Waals surface area contributed by atoms with E-state index in [9.17, 15) is 4.79 Å². The van der Waals surface area contributed by atoms with Gasteiger partial charge in [-0.15, -0.1) is 0 Å². The average Bonchev–Trinajstić information content (AvgIpc) is 2.89. The van der Waals surface area contributed by atoms with Crippen molar-refractivity contribution in [1.29, 1.82) is 0 Å². The summed E-state index contributed by atoms with van der Waals surface area (Å²) in [7, 11) is 0. The van der Waals surface area contributed by atoms with E-state index in [2.05, 4.69) is 29.2 Å². The normalized spacial score (nSPS) is 23.9. The van der Waals surface area contributed by atoms with Gasteiger partial charge < -0.3 is 5.32 Å². The Balaban J connectivity index is 1.73. The quantitative estimate of drug-likeness (QED) is 0.940. The van der Waals surface area contributed by atoms with Gasteiger partial charge in [0.25, 0.3) is 5.91 Å². The minimum atomic E-state index is -0.0342.